The van der Waals surface area contributed by atoms with Gasteiger partial charge in [-0.2, -0.15) is 4.31 Å². The summed E-state index contributed by atoms with van der Waals surface area (Å²) in [4.78, 5) is -0.988. The van der Waals surface area contributed by atoms with Crippen molar-refractivity contribution in [1.82, 2.24) is 4.31 Å². The molecule has 1 aliphatic rings. The van der Waals surface area contributed by atoms with E-state index in [1.165, 1.54) is 4.31 Å². The minimum Gasteiger partial charge on any atom is -0.225 e. The third-order valence-electron chi connectivity index (χ3n) is 3.55. The highest BCUT2D eigenvalue weighted by Gasteiger charge is 2.37. The normalized spacial score (nSPS) is 24.4. The van der Waals surface area contributed by atoms with Gasteiger partial charge in [0, 0.05) is 12.6 Å². The molecule has 2 unspecified atom stereocenters. The zero-order chi connectivity index (χ0) is 16.0. The molecule has 2 N–H and O–H groups in total. The highest BCUT2D eigenvalue weighted by molar-refractivity contribution is 7.89. The summed E-state index contributed by atoms with van der Waals surface area (Å²) in [5.41, 5.74) is 0. The van der Waals surface area contributed by atoms with Gasteiger partial charge in [0.1, 0.15) is 10.7 Å². The minimum atomic E-state index is -4.07. The second-order valence-electron chi connectivity index (χ2n) is 5.40. The molecule has 1 saturated heterocycles. The molecule has 0 aromatic heterocycles. The molecule has 21 heavy (non-hydrogen) atoms. The van der Waals surface area contributed by atoms with E-state index >= 15 is 0 Å². The number of hydrogen-bond donors (Lipinski definition) is 1. The first-order valence-corrected chi connectivity index (χ1v) is 9.36. The fourth-order valence-corrected chi connectivity index (χ4v) is 4.92. The summed E-state index contributed by atoms with van der Waals surface area (Å²) < 4.78 is 62.5. The molecule has 0 saturated carbocycles. The Morgan fingerprint density at radius 3 is 2.29 bits per heavy atom. The highest BCUT2D eigenvalue weighted by atomic mass is 32.2. The van der Waals surface area contributed by atoms with Crippen molar-refractivity contribution >= 4 is 20.0 Å². The van der Waals surface area contributed by atoms with Gasteiger partial charge in [-0.25, -0.2) is 26.4 Å². The van der Waals surface area contributed by atoms with Crippen molar-refractivity contribution in [2.75, 3.05) is 6.54 Å². The third kappa shape index (κ3) is 3.10. The van der Waals surface area contributed by atoms with Gasteiger partial charge in [-0.1, -0.05) is 6.92 Å². The molecule has 0 radical (unpaired) electrons. The maximum atomic E-state index is 14.0. The number of nitrogens with two attached hydrogens (primary N) is 1. The maximum Gasteiger partial charge on any atom is 0.246 e. The third-order valence-corrected chi connectivity index (χ3v) is 6.47. The monoisotopic (exact) mass is 336 g/mol. The first-order chi connectivity index (χ1) is 9.53. The molecule has 2 rings (SSSR count). The lowest BCUT2D eigenvalue weighted by atomic mass is 10.1. The van der Waals surface area contributed by atoms with Crippen LogP contribution in [-0.2, 0) is 20.0 Å². The Labute approximate surface area is 123 Å². The lowest BCUT2D eigenvalue weighted by molar-refractivity contribution is 0.402. The molecule has 0 amide bonds. The van der Waals surface area contributed by atoms with Crippen molar-refractivity contribution in [3.05, 3.63) is 24.0 Å². The van der Waals surface area contributed by atoms with Gasteiger partial charge in [-0.15, -0.1) is 0 Å². The van der Waals surface area contributed by atoms with Crippen LogP contribution in [0.25, 0.3) is 0 Å². The van der Waals surface area contributed by atoms with Gasteiger partial charge in [-0.05, 0) is 37.5 Å². The molecule has 9 heteroatoms. The summed E-state index contributed by atoms with van der Waals surface area (Å²) in [5.74, 6) is -0.921. The van der Waals surface area contributed by atoms with E-state index in [4.69, 9.17) is 5.14 Å². The molecule has 118 valence electrons. The largest absolute Gasteiger partial charge is 0.246 e. The predicted molar refractivity (Wildman–Crippen MR) is 74.9 cm³/mol. The van der Waals surface area contributed by atoms with Crippen molar-refractivity contribution in [3.63, 3.8) is 0 Å². The van der Waals surface area contributed by atoms with E-state index in [1.54, 1.807) is 6.92 Å². The fourth-order valence-electron chi connectivity index (χ4n) is 2.59. The maximum absolute atomic E-state index is 14.0. The lowest BCUT2D eigenvalue weighted by Crippen LogP contribution is -2.34. The quantitative estimate of drug-likeness (QED) is 0.886. The number of primary sulfonamides is 1. The lowest BCUT2D eigenvalue weighted by Gasteiger charge is -2.21. The average Bonchev–Trinajstić information content (AvgIpc) is 2.67. The van der Waals surface area contributed by atoms with Crippen LogP contribution in [-0.4, -0.2) is 33.7 Å². The molecule has 1 aromatic carbocycles. The Balaban J connectivity index is 2.47. The van der Waals surface area contributed by atoms with Gasteiger partial charge in [-0.3, -0.25) is 0 Å². The van der Waals surface area contributed by atoms with Crippen LogP contribution < -0.4 is 5.14 Å². The van der Waals surface area contributed by atoms with Crippen LogP contribution in [0.15, 0.2) is 28.0 Å². The van der Waals surface area contributed by atoms with Crippen LogP contribution in [0.2, 0.25) is 0 Å². The van der Waals surface area contributed by atoms with Gasteiger partial charge < -0.3 is 0 Å². The van der Waals surface area contributed by atoms with Gasteiger partial charge >= 0.3 is 0 Å². The summed E-state index contributed by atoms with van der Waals surface area (Å²) in [6.45, 7) is 4.00. The van der Waals surface area contributed by atoms with Crippen molar-refractivity contribution < 1.29 is 21.2 Å². The summed E-state index contributed by atoms with van der Waals surface area (Å²) >= 11 is 0. The Bertz CT molecular complexity index is 761. The number of halogens is 1. The van der Waals surface area contributed by atoms with Crippen LogP contribution in [0.4, 0.5) is 4.39 Å². The molecule has 1 heterocycles. The summed E-state index contributed by atoms with van der Waals surface area (Å²) in [6.07, 6.45) is 0.704. The smallest absolute Gasteiger partial charge is 0.225 e. The minimum absolute atomic E-state index is 0.196. The molecule has 1 aromatic rings. The molecule has 1 fully saturated rings. The second kappa shape index (κ2) is 5.31. The molecule has 0 bridgehead atoms. The fraction of sp³-hybridized carbons (Fsp3) is 0.500. The molecule has 6 nitrogen and oxygen atoms in total. The van der Waals surface area contributed by atoms with E-state index in [9.17, 15) is 21.2 Å². The van der Waals surface area contributed by atoms with E-state index in [2.05, 4.69) is 0 Å². The highest BCUT2D eigenvalue weighted by Crippen LogP contribution is 2.30. The summed E-state index contributed by atoms with van der Waals surface area (Å²) in [7, 11) is -8.07. The molecule has 1 aliphatic heterocycles. The standard InChI is InChI=1S/C12H17FN2O4S2/c1-8-5-9(2)15(7-8)21(18,19)12-4-3-10(6-11(12)13)20(14,16)17/h3-4,6,8-9H,5,7H2,1-2H3,(H2,14,16,17). The van der Waals surface area contributed by atoms with Gasteiger partial charge in [0.05, 0.1) is 4.90 Å². The SMILES string of the molecule is CC1CC(C)N(S(=O)(=O)c2ccc(S(N)(=O)=O)cc2F)C1. The van der Waals surface area contributed by atoms with Crippen molar-refractivity contribution in [1.29, 1.82) is 0 Å². The zero-order valence-electron chi connectivity index (χ0n) is 11.7. The number of sulfonamides is 2. The first-order valence-electron chi connectivity index (χ1n) is 6.37. The molecule has 0 spiro atoms. The summed E-state index contributed by atoms with van der Waals surface area (Å²) in [5, 5.41) is 4.89. The van der Waals surface area contributed by atoms with Crippen molar-refractivity contribution in [2.45, 2.75) is 36.1 Å². The number of benzene rings is 1. The Kier molecular flexibility index (Phi) is 4.13. The molecule has 0 aliphatic carbocycles. The van der Waals surface area contributed by atoms with E-state index in [1.807, 2.05) is 6.92 Å². The summed E-state index contributed by atoms with van der Waals surface area (Å²) in [6, 6.07) is 2.35. The first kappa shape index (κ1) is 16.3. The van der Waals surface area contributed by atoms with Gasteiger partial charge in [0.15, 0.2) is 0 Å². The molecular formula is C12H17FN2O4S2. The second-order valence-corrected chi connectivity index (χ2v) is 8.82. The van der Waals surface area contributed by atoms with Crippen LogP contribution in [0.5, 0.6) is 0 Å². The van der Waals surface area contributed by atoms with E-state index < -0.39 is 35.7 Å². The van der Waals surface area contributed by atoms with E-state index in [-0.39, 0.29) is 12.0 Å². The van der Waals surface area contributed by atoms with Gasteiger partial charge in [0.2, 0.25) is 20.0 Å². The Morgan fingerprint density at radius 2 is 1.86 bits per heavy atom. The van der Waals surface area contributed by atoms with Crippen LogP contribution in [0.3, 0.4) is 0 Å². The van der Waals surface area contributed by atoms with E-state index in [0.717, 1.165) is 12.1 Å². The van der Waals surface area contributed by atoms with Crippen molar-refractivity contribution in [2.24, 2.45) is 11.1 Å². The molecular weight excluding hydrogens is 319 g/mol. The number of nitrogens with zero attached hydrogens (tertiary/aromatic N) is 1. The van der Waals surface area contributed by atoms with Crippen LogP contribution in [0.1, 0.15) is 20.3 Å². The van der Waals surface area contributed by atoms with Crippen LogP contribution >= 0.6 is 0 Å². The topological polar surface area (TPSA) is 97.5 Å². The average molecular weight is 336 g/mol. The zero-order valence-corrected chi connectivity index (χ0v) is 13.3. The predicted octanol–water partition coefficient (Wildman–Crippen LogP) is 0.892. The Morgan fingerprint density at radius 1 is 1.24 bits per heavy atom. The van der Waals surface area contributed by atoms with Crippen molar-refractivity contribution in [3.8, 4) is 0 Å². The Hall–Kier alpha value is -1.03. The van der Waals surface area contributed by atoms with E-state index in [0.29, 0.717) is 19.0 Å². The molecule has 2 atom stereocenters. The number of rotatable bonds is 3. The van der Waals surface area contributed by atoms with Gasteiger partial charge in [0.25, 0.3) is 0 Å². The number of hydrogen-bond acceptors (Lipinski definition) is 4. The van der Waals surface area contributed by atoms with Crippen LogP contribution in [0, 0.1) is 11.7 Å².